The van der Waals surface area contributed by atoms with E-state index in [0.717, 1.165) is 11.1 Å². The second-order valence-electron chi connectivity index (χ2n) is 4.65. The fourth-order valence-electron chi connectivity index (χ4n) is 1.77. The number of alkyl halides is 3. The molecule has 0 atom stereocenters. The minimum Gasteiger partial charge on any atom is -0.373 e. The molecule has 0 radical (unpaired) electrons. The molecular formula is C14H15F3N4. The molecule has 0 aliphatic heterocycles. The average molecular weight is 296 g/mol. The number of nitrogens with one attached hydrogen (secondary N) is 2. The van der Waals surface area contributed by atoms with Gasteiger partial charge in [-0.05, 0) is 31.0 Å². The van der Waals surface area contributed by atoms with Gasteiger partial charge < -0.3 is 10.6 Å². The third-order valence-electron chi connectivity index (χ3n) is 2.89. The zero-order valence-corrected chi connectivity index (χ0v) is 11.8. The monoisotopic (exact) mass is 296 g/mol. The van der Waals surface area contributed by atoms with Crippen LogP contribution in [-0.2, 0) is 6.18 Å². The van der Waals surface area contributed by atoms with Gasteiger partial charge in [-0.2, -0.15) is 13.2 Å². The number of anilines is 3. The van der Waals surface area contributed by atoms with Gasteiger partial charge in [0, 0.05) is 18.8 Å². The number of nitrogens with zero attached hydrogens (tertiary/aromatic N) is 2. The molecule has 0 spiro atoms. The van der Waals surface area contributed by atoms with Crippen molar-refractivity contribution in [1.29, 1.82) is 0 Å². The van der Waals surface area contributed by atoms with Crippen LogP contribution in [0.25, 0.3) is 0 Å². The second kappa shape index (κ2) is 5.59. The molecule has 0 bridgehead atoms. The summed E-state index contributed by atoms with van der Waals surface area (Å²) in [5, 5.41) is 5.51. The Bertz CT molecular complexity index is 653. The topological polar surface area (TPSA) is 49.8 Å². The van der Waals surface area contributed by atoms with Gasteiger partial charge >= 0.3 is 6.18 Å². The molecule has 0 fully saturated rings. The number of halogens is 3. The molecule has 0 saturated heterocycles. The lowest BCUT2D eigenvalue weighted by molar-refractivity contribution is -0.144. The number of hydrogen-bond acceptors (Lipinski definition) is 4. The average Bonchev–Trinajstić information content (AvgIpc) is 2.41. The van der Waals surface area contributed by atoms with E-state index in [9.17, 15) is 13.2 Å². The largest absolute Gasteiger partial charge is 0.451 e. The molecule has 0 amide bonds. The van der Waals surface area contributed by atoms with E-state index in [1.807, 2.05) is 32.0 Å². The third kappa shape index (κ3) is 3.62. The van der Waals surface area contributed by atoms with Crippen LogP contribution in [0.3, 0.4) is 0 Å². The van der Waals surface area contributed by atoms with Gasteiger partial charge in [0.15, 0.2) is 0 Å². The highest BCUT2D eigenvalue weighted by Crippen LogP contribution is 2.29. The number of aromatic nitrogens is 2. The molecule has 112 valence electrons. The Morgan fingerprint density at radius 3 is 2.29 bits per heavy atom. The second-order valence-corrected chi connectivity index (χ2v) is 4.65. The van der Waals surface area contributed by atoms with Gasteiger partial charge in [-0.1, -0.05) is 12.1 Å². The maximum absolute atomic E-state index is 12.8. The van der Waals surface area contributed by atoms with Gasteiger partial charge in [-0.3, -0.25) is 0 Å². The fourth-order valence-corrected chi connectivity index (χ4v) is 1.77. The van der Waals surface area contributed by atoms with Crippen molar-refractivity contribution in [3.63, 3.8) is 0 Å². The van der Waals surface area contributed by atoms with E-state index in [2.05, 4.69) is 20.6 Å². The van der Waals surface area contributed by atoms with Gasteiger partial charge in [0.05, 0.1) is 0 Å². The van der Waals surface area contributed by atoms with E-state index >= 15 is 0 Å². The SMILES string of the molecule is CNc1cc(Nc2cc(C)ccc2C)nc(C(F)(F)F)n1. The molecule has 2 rings (SSSR count). The number of rotatable bonds is 3. The Labute approximate surface area is 120 Å². The molecule has 0 aliphatic rings. The lowest BCUT2D eigenvalue weighted by Crippen LogP contribution is -2.13. The molecule has 0 aliphatic carbocycles. The Balaban J connectivity index is 2.42. The van der Waals surface area contributed by atoms with Gasteiger partial charge in [-0.25, -0.2) is 9.97 Å². The molecule has 21 heavy (non-hydrogen) atoms. The standard InChI is InChI=1S/C14H15F3N4/c1-8-4-5-9(2)10(6-8)19-12-7-11(18-3)20-13(21-12)14(15,16)17/h4-7H,1-3H3,(H2,18,19,20,21). The van der Waals surface area contributed by atoms with Crippen LogP contribution in [0.15, 0.2) is 24.3 Å². The molecule has 2 aromatic rings. The summed E-state index contributed by atoms with van der Waals surface area (Å²) in [5.74, 6) is -0.984. The highest BCUT2D eigenvalue weighted by Gasteiger charge is 2.35. The number of benzene rings is 1. The van der Waals surface area contributed by atoms with E-state index < -0.39 is 12.0 Å². The first kappa shape index (κ1) is 15.1. The van der Waals surface area contributed by atoms with E-state index in [1.54, 1.807) is 0 Å². The minimum atomic E-state index is -4.59. The maximum atomic E-state index is 12.8. The summed E-state index contributed by atoms with van der Waals surface area (Å²) in [7, 11) is 1.50. The highest BCUT2D eigenvalue weighted by molar-refractivity contribution is 5.63. The highest BCUT2D eigenvalue weighted by atomic mass is 19.4. The van der Waals surface area contributed by atoms with E-state index in [1.165, 1.54) is 13.1 Å². The summed E-state index contributed by atoms with van der Waals surface area (Å²) in [6.07, 6.45) is -4.59. The van der Waals surface area contributed by atoms with Crippen molar-refractivity contribution in [1.82, 2.24) is 9.97 Å². The molecule has 1 aromatic carbocycles. The molecule has 4 nitrogen and oxygen atoms in total. The molecule has 0 unspecified atom stereocenters. The van der Waals surface area contributed by atoms with Crippen molar-refractivity contribution in [2.45, 2.75) is 20.0 Å². The molecule has 0 saturated carbocycles. The molecule has 1 aromatic heterocycles. The van der Waals surface area contributed by atoms with Crippen molar-refractivity contribution >= 4 is 17.3 Å². The quantitative estimate of drug-likeness (QED) is 0.902. The molecule has 2 N–H and O–H groups in total. The summed E-state index contributed by atoms with van der Waals surface area (Å²) >= 11 is 0. The summed E-state index contributed by atoms with van der Waals surface area (Å²) < 4.78 is 38.4. The Morgan fingerprint density at radius 1 is 1.00 bits per heavy atom. The number of aryl methyl sites for hydroxylation is 2. The van der Waals surface area contributed by atoms with Gasteiger partial charge in [-0.15, -0.1) is 0 Å². The first-order valence-electron chi connectivity index (χ1n) is 6.28. The summed E-state index contributed by atoms with van der Waals surface area (Å²) in [6.45, 7) is 3.78. The van der Waals surface area contributed by atoms with E-state index in [0.29, 0.717) is 5.69 Å². The summed E-state index contributed by atoms with van der Waals surface area (Å²) in [4.78, 5) is 6.95. The first-order chi connectivity index (χ1) is 9.79. The van der Waals surface area contributed by atoms with Crippen LogP contribution in [0, 0.1) is 13.8 Å². The summed E-state index contributed by atoms with van der Waals surface area (Å²) in [6, 6.07) is 7.10. The Morgan fingerprint density at radius 2 is 1.67 bits per heavy atom. The van der Waals surface area contributed by atoms with Crippen LogP contribution in [0.4, 0.5) is 30.5 Å². The fraction of sp³-hybridized carbons (Fsp3) is 0.286. The zero-order chi connectivity index (χ0) is 15.6. The Hall–Kier alpha value is -2.31. The van der Waals surface area contributed by atoms with Crippen molar-refractivity contribution in [2.24, 2.45) is 0 Å². The zero-order valence-electron chi connectivity index (χ0n) is 11.8. The van der Waals surface area contributed by atoms with Crippen molar-refractivity contribution in [3.8, 4) is 0 Å². The van der Waals surface area contributed by atoms with Crippen LogP contribution in [0.5, 0.6) is 0 Å². The maximum Gasteiger partial charge on any atom is 0.451 e. The third-order valence-corrected chi connectivity index (χ3v) is 2.89. The lowest BCUT2D eigenvalue weighted by atomic mass is 10.1. The van der Waals surface area contributed by atoms with E-state index in [4.69, 9.17) is 0 Å². The molecule has 1 heterocycles. The summed E-state index contributed by atoms with van der Waals surface area (Å²) in [5.41, 5.74) is 2.63. The smallest absolute Gasteiger partial charge is 0.373 e. The van der Waals surface area contributed by atoms with Crippen LogP contribution in [0.2, 0.25) is 0 Å². The van der Waals surface area contributed by atoms with Crippen LogP contribution in [0.1, 0.15) is 17.0 Å². The normalized spacial score (nSPS) is 11.3. The lowest BCUT2D eigenvalue weighted by Gasteiger charge is -2.13. The van der Waals surface area contributed by atoms with E-state index in [-0.39, 0.29) is 11.6 Å². The first-order valence-corrected chi connectivity index (χ1v) is 6.28. The van der Waals surface area contributed by atoms with Gasteiger partial charge in [0.25, 0.3) is 0 Å². The van der Waals surface area contributed by atoms with Crippen LogP contribution in [-0.4, -0.2) is 17.0 Å². The van der Waals surface area contributed by atoms with Crippen LogP contribution < -0.4 is 10.6 Å². The molecular weight excluding hydrogens is 281 g/mol. The predicted octanol–water partition coefficient (Wildman–Crippen LogP) is 3.90. The molecule has 7 heteroatoms. The predicted molar refractivity (Wildman–Crippen MR) is 75.8 cm³/mol. The Kier molecular flexibility index (Phi) is 4.02. The van der Waals surface area contributed by atoms with Crippen molar-refractivity contribution < 1.29 is 13.2 Å². The van der Waals surface area contributed by atoms with Crippen molar-refractivity contribution in [2.75, 3.05) is 17.7 Å². The van der Waals surface area contributed by atoms with Crippen LogP contribution >= 0.6 is 0 Å². The minimum absolute atomic E-state index is 0.0929. The van der Waals surface area contributed by atoms with Crippen molar-refractivity contribution in [3.05, 3.63) is 41.2 Å². The van der Waals surface area contributed by atoms with Gasteiger partial charge in [0.2, 0.25) is 5.82 Å². The van der Waals surface area contributed by atoms with Gasteiger partial charge in [0.1, 0.15) is 11.6 Å². The number of hydrogen-bond donors (Lipinski definition) is 2.